The van der Waals surface area contributed by atoms with E-state index in [1.165, 1.54) is 42.2 Å². The van der Waals surface area contributed by atoms with Gasteiger partial charge in [-0.3, -0.25) is 9.78 Å². The Hall–Kier alpha value is -3.01. The number of nitrogens with zero attached hydrogens (tertiary/aromatic N) is 2. The molecule has 0 saturated carbocycles. The molecule has 0 aromatic carbocycles. The lowest BCUT2D eigenvalue weighted by Crippen LogP contribution is -2.19. The second kappa shape index (κ2) is 11.2. The van der Waals surface area contributed by atoms with Crippen LogP contribution >= 0.6 is 0 Å². The first-order valence-corrected chi connectivity index (χ1v) is 10.4. The van der Waals surface area contributed by atoms with E-state index in [9.17, 15) is 4.79 Å². The van der Waals surface area contributed by atoms with Crippen molar-refractivity contribution >= 4 is 12.1 Å². The van der Waals surface area contributed by atoms with Crippen molar-refractivity contribution in [2.75, 3.05) is 0 Å². The lowest BCUT2D eigenvalue weighted by molar-refractivity contribution is 0.0955. The van der Waals surface area contributed by atoms with Crippen LogP contribution < -0.4 is 5.43 Å². The van der Waals surface area contributed by atoms with Crippen LogP contribution in [0, 0.1) is 5.41 Å². The van der Waals surface area contributed by atoms with Crippen molar-refractivity contribution < 1.29 is 4.79 Å². The van der Waals surface area contributed by atoms with Crippen molar-refractivity contribution in [3.05, 3.63) is 88.8 Å². The number of pyridine rings is 1. The van der Waals surface area contributed by atoms with E-state index in [0.717, 1.165) is 5.57 Å². The Morgan fingerprint density at radius 1 is 1.20 bits per heavy atom. The highest BCUT2D eigenvalue weighted by molar-refractivity contribution is 5.94. The lowest BCUT2D eigenvalue weighted by atomic mass is 9.72. The quantitative estimate of drug-likeness (QED) is 0.329. The number of hydrogen-bond acceptors (Lipinski definition) is 3. The largest absolute Gasteiger partial charge is 0.272 e. The Morgan fingerprint density at radius 2 is 1.97 bits per heavy atom. The minimum atomic E-state index is -0.280. The lowest BCUT2D eigenvalue weighted by Gasteiger charge is -2.32. The molecular formula is C26H33N3O. The molecule has 1 aliphatic carbocycles. The Bertz CT molecular complexity index is 913. The van der Waals surface area contributed by atoms with Gasteiger partial charge in [0.15, 0.2) is 0 Å². The van der Waals surface area contributed by atoms with Crippen LogP contribution in [-0.4, -0.2) is 17.1 Å². The molecule has 1 aromatic rings. The van der Waals surface area contributed by atoms with Gasteiger partial charge in [0.1, 0.15) is 0 Å². The summed E-state index contributed by atoms with van der Waals surface area (Å²) in [6, 6.07) is 3.41. The average molecular weight is 404 g/mol. The van der Waals surface area contributed by atoms with E-state index in [4.69, 9.17) is 0 Å². The monoisotopic (exact) mass is 403 g/mol. The molecule has 1 aromatic heterocycles. The molecule has 1 N–H and O–H groups in total. The molecule has 0 saturated heterocycles. The van der Waals surface area contributed by atoms with Gasteiger partial charge in [0.2, 0.25) is 0 Å². The minimum absolute atomic E-state index is 0.264. The number of hydrazone groups is 1. The molecule has 0 bridgehead atoms. The SMILES string of the molecule is CC1=C(C=C/C(C)=C/C=C/C(C)=C\C=N\NC(=O)c2cccnc2)C(C)(C)CCC1. The van der Waals surface area contributed by atoms with E-state index in [0.29, 0.717) is 5.56 Å². The molecule has 1 amide bonds. The summed E-state index contributed by atoms with van der Waals surface area (Å²) < 4.78 is 0. The van der Waals surface area contributed by atoms with E-state index >= 15 is 0 Å². The van der Waals surface area contributed by atoms with Gasteiger partial charge >= 0.3 is 0 Å². The molecule has 0 atom stereocenters. The fourth-order valence-corrected chi connectivity index (χ4v) is 3.50. The van der Waals surface area contributed by atoms with Crippen molar-refractivity contribution in [3.63, 3.8) is 0 Å². The van der Waals surface area contributed by atoms with E-state index in [1.54, 1.807) is 24.5 Å². The molecule has 4 heteroatoms. The molecule has 0 fully saturated rings. The van der Waals surface area contributed by atoms with Crippen LogP contribution in [0.1, 0.15) is 64.2 Å². The Morgan fingerprint density at radius 3 is 2.67 bits per heavy atom. The smallest absolute Gasteiger partial charge is 0.267 e. The van der Waals surface area contributed by atoms with Gasteiger partial charge < -0.3 is 0 Å². The zero-order valence-electron chi connectivity index (χ0n) is 18.8. The topological polar surface area (TPSA) is 54.4 Å². The van der Waals surface area contributed by atoms with Crippen LogP contribution in [0.15, 0.2) is 88.4 Å². The molecule has 0 spiro atoms. The number of hydrogen-bond donors (Lipinski definition) is 1. The van der Waals surface area contributed by atoms with Crippen LogP contribution in [0.25, 0.3) is 0 Å². The van der Waals surface area contributed by atoms with Gasteiger partial charge in [-0.05, 0) is 74.8 Å². The van der Waals surface area contributed by atoms with Crippen molar-refractivity contribution in [2.24, 2.45) is 10.5 Å². The molecule has 0 unspecified atom stereocenters. The Balaban J connectivity index is 1.88. The molecule has 1 aliphatic rings. The van der Waals surface area contributed by atoms with Gasteiger partial charge in [0.25, 0.3) is 5.91 Å². The zero-order valence-corrected chi connectivity index (χ0v) is 18.8. The second-order valence-electron chi connectivity index (χ2n) is 8.41. The highest BCUT2D eigenvalue weighted by Crippen LogP contribution is 2.40. The highest BCUT2D eigenvalue weighted by Gasteiger charge is 2.26. The fourth-order valence-electron chi connectivity index (χ4n) is 3.50. The molecule has 4 nitrogen and oxygen atoms in total. The van der Waals surface area contributed by atoms with Crippen LogP contribution in [0.3, 0.4) is 0 Å². The standard InChI is InChI=1S/C26H33N3O/c1-20(13-14-24-22(3)11-7-16-26(24,4)5)9-6-10-21(2)15-18-28-29-25(30)23-12-8-17-27-19-23/h6,8-10,12-15,17-19H,7,11,16H2,1-5H3,(H,29,30)/b10-6+,14-13?,20-9+,21-15-,28-18+. The second-order valence-corrected chi connectivity index (χ2v) is 8.41. The summed E-state index contributed by atoms with van der Waals surface area (Å²) in [7, 11) is 0. The van der Waals surface area contributed by atoms with Gasteiger partial charge in [0.05, 0.1) is 5.56 Å². The van der Waals surface area contributed by atoms with Crippen molar-refractivity contribution in [1.29, 1.82) is 0 Å². The van der Waals surface area contributed by atoms with Gasteiger partial charge in [-0.2, -0.15) is 5.10 Å². The average Bonchev–Trinajstić information content (AvgIpc) is 2.71. The maximum absolute atomic E-state index is 11.9. The zero-order chi connectivity index (χ0) is 22.0. The number of amides is 1. The van der Waals surface area contributed by atoms with Gasteiger partial charge in [-0.1, -0.05) is 55.4 Å². The fraction of sp³-hybridized carbons (Fsp3) is 0.346. The molecule has 0 radical (unpaired) electrons. The van der Waals surface area contributed by atoms with Gasteiger partial charge in [0, 0.05) is 18.6 Å². The Labute approximate surface area is 180 Å². The normalized spacial score (nSPS) is 18.0. The number of carbonyl (C=O) groups excluding carboxylic acids is 1. The summed E-state index contributed by atoms with van der Waals surface area (Å²) in [5, 5.41) is 3.94. The number of rotatable bonds is 7. The molecule has 0 aliphatic heterocycles. The number of carbonyl (C=O) groups is 1. The van der Waals surface area contributed by atoms with Crippen molar-refractivity contribution in [1.82, 2.24) is 10.4 Å². The predicted octanol–water partition coefficient (Wildman–Crippen LogP) is 6.33. The predicted molar refractivity (Wildman–Crippen MR) is 126 cm³/mol. The van der Waals surface area contributed by atoms with Crippen LogP contribution in [0.4, 0.5) is 0 Å². The summed E-state index contributed by atoms with van der Waals surface area (Å²) in [4.78, 5) is 15.8. The first-order chi connectivity index (χ1) is 14.3. The number of allylic oxidation sites excluding steroid dienone is 10. The van der Waals surface area contributed by atoms with Crippen molar-refractivity contribution in [3.8, 4) is 0 Å². The molecule has 158 valence electrons. The maximum atomic E-state index is 11.9. The molecule has 30 heavy (non-hydrogen) atoms. The number of aromatic nitrogens is 1. The highest BCUT2D eigenvalue weighted by atomic mass is 16.2. The summed E-state index contributed by atoms with van der Waals surface area (Å²) >= 11 is 0. The first-order valence-electron chi connectivity index (χ1n) is 10.4. The van der Waals surface area contributed by atoms with Crippen LogP contribution in [-0.2, 0) is 0 Å². The molecule has 2 rings (SSSR count). The third kappa shape index (κ3) is 7.43. The van der Waals surface area contributed by atoms with E-state index in [2.05, 4.69) is 61.4 Å². The van der Waals surface area contributed by atoms with Crippen LogP contribution in [0.5, 0.6) is 0 Å². The Kier molecular flexibility index (Phi) is 8.72. The maximum Gasteiger partial charge on any atom is 0.272 e. The minimum Gasteiger partial charge on any atom is -0.267 e. The molecular weight excluding hydrogens is 370 g/mol. The third-order valence-electron chi connectivity index (χ3n) is 5.28. The first kappa shape index (κ1) is 23.3. The van der Waals surface area contributed by atoms with Crippen molar-refractivity contribution in [2.45, 2.75) is 53.9 Å². The van der Waals surface area contributed by atoms with Gasteiger partial charge in [-0.25, -0.2) is 5.43 Å². The summed E-state index contributed by atoms with van der Waals surface area (Å²) in [6.07, 6.45) is 20.9. The van der Waals surface area contributed by atoms with E-state index < -0.39 is 0 Å². The number of nitrogens with one attached hydrogen (secondary N) is 1. The summed E-state index contributed by atoms with van der Waals surface area (Å²) in [5.74, 6) is -0.280. The van der Waals surface area contributed by atoms with Gasteiger partial charge in [-0.15, -0.1) is 0 Å². The molecule has 1 heterocycles. The van der Waals surface area contributed by atoms with E-state index in [1.807, 2.05) is 25.2 Å². The summed E-state index contributed by atoms with van der Waals surface area (Å²) in [5.41, 5.74) is 8.46. The van der Waals surface area contributed by atoms with E-state index in [-0.39, 0.29) is 11.3 Å². The van der Waals surface area contributed by atoms with Crippen LogP contribution in [0.2, 0.25) is 0 Å². The third-order valence-corrected chi connectivity index (χ3v) is 5.28. The summed E-state index contributed by atoms with van der Waals surface area (Å²) in [6.45, 7) is 11.0.